The molecule has 1 atom stereocenters. The highest BCUT2D eigenvalue weighted by molar-refractivity contribution is 5.78. The summed E-state index contributed by atoms with van der Waals surface area (Å²) in [5.41, 5.74) is 1.44. The first-order valence-electron chi connectivity index (χ1n) is 7.33. The highest BCUT2D eigenvalue weighted by Crippen LogP contribution is 2.20. The molecule has 0 amide bonds. The molecule has 124 valence electrons. The maximum atomic E-state index is 13.1. The zero-order valence-electron chi connectivity index (χ0n) is 13.2. The molecular weight excluding hydrogens is 313 g/mol. The second-order valence-corrected chi connectivity index (χ2v) is 5.26. The van der Waals surface area contributed by atoms with E-state index in [1.165, 1.54) is 25.6 Å². The predicted octanol–water partition coefficient (Wildman–Crippen LogP) is 1.94. The molecule has 0 saturated heterocycles. The lowest BCUT2D eigenvalue weighted by atomic mass is 9.99. The third-order valence-electron chi connectivity index (χ3n) is 3.63. The van der Waals surface area contributed by atoms with E-state index in [0.29, 0.717) is 17.2 Å². The Hall–Kier alpha value is -3.03. The number of fused-ring (bicyclic) bond motifs is 1. The van der Waals surface area contributed by atoms with Gasteiger partial charge in [-0.2, -0.15) is 14.6 Å². The van der Waals surface area contributed by atoms with Gasteiger partial charge in [-0.3, -0.25) is 4.79 Å². The molecule has 0 spiro atoms. The van der Waals surface area contributed by atoms with Crippen molar-refractivity contribution in [3.8, 4) is 0 Å². The monoisotopic (exact) mass is 329 g/mol. The van der Waals surface area contributed by atoms with Crippen molar-refractivity contribution in [2.24, 2.45) is 0 Å². The Labute approximate surface area is 137 Å². The molecule has 1 aromatic carbocycles. The average molecular weight is 329 g/mol. The molecule has 2 aromatic heterocycles. The van der Waals surface area contributed by atoms with Gasteiger partial charge in [0.1, 0.15) is 18.0 Å². The van der Waals surface area contributed by atoms with Crippen LogP contribution in [0, 0.1) is 12.7 Å². The van der Waals surface area contributed by atoms with Crippen LogP contribution in [0.5, 0.6) is 0 Å². The number of carbonyl (C=O) groups excluding carboxylic acids is 1. The van der Waals surface area contributed by atoms with E-state index in [4.69, 9.17) is 4.74 Å². The zero-order valence-corrected chi connectivity index (χ0v) is 13.2. The number of nitrogens with one attached hydrogen (secondary N) is 1. The van der Waals surface area contributed by atoms with E-state index < -0.39 is 11.9 Å². The summed E-state index contributed by atoms with van der Waals surface area (Å²) in [6.45, 7) is 2.11. The molecule has 0 aliphatic rings. The van der Waals surface area contributed by atoms with Crippen LogP contribution in [-0.4, -0.2) is 39.2 Å². The van der Waals surface area contributed by atoms with Crippen LogP contribution in [0.15, 0.2) is 36.7 Å². The molecule has 0 saturated carbocycles. The van der Waals surface area contributed by atoms with Crippen molar-refractivity contribution in [1.29, 1.82) is 0 Å². The molecule has 0 bridgehead atoms. The summed E-state index contributed by atoms with van der Waals surface area (Å²) in [5, 5.41) is 7.27. The Bertz CT molecular complexity index is 863. The highest BCUT2D eigenvalue weighted by atomic mass is 19.1. The van der Waals surface area contributed by atoms with Crippen molar-refractivity contribution in [3.63, 3.8) is 0 Å². The second-order valence-electron chi connectivity index (χ2n) is 5.26. The van der Waals surface area contributed by atoms with Crippen molar-refractivity contribution in [1.82, 2.24) is 19.6 Å². The number of hydrogen-bond donors (Lipinski definition) is 1. The molecule has 2 heterocycles. The quantitative estimate of drug-likeness (QED) is 0.721. The van der Waals surface area contributed by atoms with E-state index in [0.717, 1.165) is 5.69 Å². The summed E-state index contributed by atoms with van der Waals surface area (Å²) >= 11 is 0. The molecule has 0 radical (unpaired) electrons. The van der Waals surface area contributed by atoms with Gasteiger partial charge in [-0.05, 0) is 24.6 Å². The number of nitrogens with zero attached hydrogens (tertiary/aromatic N) is 4. The fraction of sp³-hybridized carbons (Fsp3) is 0.250. The van der Waals surface area contributed by atoms with Gasteiger partial charge in [0.05, 0.1) is 13.0 Å². The number of aromatic nitrogens is 4. The number of methoxy groups -OCH3 is 1. The summed E-state index contributed by atoms with van der Waals surface area (Å²) in [7, 11) is 1.32. The zero-order chi connectivity index (χ0) is 17.1. The Balaban J connectivity index is 1.86. The first kappa shape index (κ1) is 15.9. The third kappa shape index (κ3) is 3.17. The van der Waals surface area contributed by atoms with E-state index in [9.17, 15) is 9.18 Å². The molecule has 1 unspecified atom stereocenters. The molecule has 1 N–H and O–H groups in total. The van der Waals surface area contributed by atoms with E-state index >= 15 is 0 Å². The first-order chi connectivity index (χ1) is 11.6. The Morgan fingerprint density at radius 1 is 1.38 bits per heavy atom. The molecule has 8 heteroatoms. The number of aryl methyl sites for hydroxylation is 1. The number of carbonyl (C=O) groups is 1. The molecule has 7 nitrogen and oxygen atoms in total. The van der Waals surface area contributed by atoms with Crippen LogP contribution in [0.25, 0.3) is 5.78 Å². The maximum Gasteiger partial charge on any atom is 0.314 e. The fourth-order valence-corrected chi connectivity index (χ4v) is 2.44. The van der Waals surface area contributed by atoms with Crippen molar-refractivity contribution in [2.75, 3.05) is 19.0 Å². The van der Waals surface area contributed by atoms with Crippen LogP contribution in [-0.2, 0) is 9.53 Å². The van der Waals surface area contributed by atoms with Gasteiger partial charge in [-0.1, -0.05) is 12.1 Å². The minimum absolute atomic E-state index is 0.261. The lowest BCUT2D eigenvalue weighted by Crippen LogP contribution is -2.23. The van der Waals surface area contributed by atoms with Gasteiger partial charge in [-0.25, -0.2) is 9.37 Å². The maximum absolute atomic E-state index is 13.1. The van der Waals surface area contributed by atoms with Crippen molar-refractivity contribution < 1.29 is 13.9 Å². The van der Waals surface area contributed by atoms with Gasteiger partial charge in [0.2, 0.25) is 0 Å². The Morgan fingerprint density at radius 3 is 2.83 bits per heavy atom. The van der Waals surface area contributed by atoms with Crippen LogP contribution in [0.2, 0.25) is 0 Å². The number of benzene rings is 1. The lowest BCUT2D eigenvalue weighted by Gasteiger charge is -2.17. The van der Waals surface area contributed by atoms with E-state index in [-0.39, 0.29) is 12.4 Å². The largest absolute Gasteiger partial charge is 0.468 e. The molecule has 3 rings (SSSR count). The number of esters is 1. The summed E-state index contributed by atoms with van der Waals surface area (Å²) in [6.07, 6.45) is 1.41. The second kappa shape index (κ2) is 6.61. The van der Waals surface area contributed by atoms with E-state index in [1.54, 1.807) is 22.7 Å². The molecule has 0 fully saturated rings. The molecule has 24 heavy (non-hydrogen) atoms. The lowest BCUT2D eigenvalue weighted by molar-refractivity contribution is -0.142. The highest BCUT2D eigenvalue weighted by Gasteiger charge is 2.22. The van der Waals surface area contributed by atoms with Gasteiger partial charge in [0.25, 0.3) is 5.78 Å². The van der Waals surface area contributed by atoms with Crippen LogP contribution >= 0.6 is 0 Å². The van der Waals surface area contributed by atoms with Crippen molar-refractivity contribution in [2.45, 2.75) is 12.8 Å². The average Bonchev–Trinajstić information content (AvgIpc) is 3.04. The number of rotatable bonds is 5. The van der Waals surface area contributed by atoms with Crippen LogP contribution in [0.4, 0.5) is 10.2 Å². The number of halogens is 1. The molecule has 3 aromatic rings. The molecular formula is C16H16FN5O2. The summed E-state index contributed by atoms with van der Waals surface area (Å²) in [6, 6.07) is 7.58. The number of ether oxygens (including phenoxy) is 1. The minimum atomic E-state index is -0.581. The van der Waals surface area contributed by atoms with E-state index in [1.807, 2.05) is 6.92 Å². The van der Waals surface area contributed by atoms with Crippen molar-refractivity contribution in [3.05, 3.63) is 53.7 Å². The third-order valence-corrected chi connectivity index (χ3v) is 3.63. The standard InChI is InChI=1S/C16H16FN5O2/c1-10-7-14(22-16(21-10)19-9-20-22)18-8-13(15(23)24-2)11-3-5-12(17)6-4-11/h3-7,9,13,18H,8H2,1-2H3. The summed E-state index contributed by atoms with van der Waals surface area (Å²) in [4.78, 5) is 20.4. The molecule has 0 aliphatic heterocycles. The van der Waals surface area contributed by atoms with Crippen LogP contribution in [0.3, 0.4) is 0 Å². The Kier molecular flexibility index (Phi) is 4.37. The van der Waals surface area contributed by atoms with Gasteiger partial charge in [0, 0.05) is 18.3 Å². The van der Waals surface area contributed by atoms with Crippen LogP contribution < -0.4 is 5.32 Å². The SMILES string of the molecule is COC(=O)C(CNc1cc(C)nc2ncnn12)c1ccc(F)cc1. The van der Waals surface area contributed by atoms with E-state index in [2.05, 4.69) is 20.4 Å². The topological polar surface area (TPSA) is 81.4 Å². The Morgan fingerprint density at radius 2 is 2.12 bits per heavy atom. The van der Waals surface area contributed by atoms with Crippen LogP contribution in [0.1, 0.15) is 17.2 Å². The predicted molar refractivity (Wildman–Crippen MR) is 85.2 cm³/mol. The summed E-state index contributed by atoms with van der Waals surface area (Å²) < 4.78 is 19.5. The summed E-state index contributed by atoms with van der Waals surface area (Å²) in [5.74, 6) is -0.221. The van der Waals surface area contributed by atoms with Crippen molar-refractivity contribution >= 4 is 17.6 Å². The van der Waals surface area contributed by atoms with Gasteiger partial charge < -0.3 is 10.1 Å². The first-order valence-corrected chi connectivity index (χ1v) is 7.33. The fourth-order valence-electron chi connectivity index (χ4n) is 2.44. The van der Waals surface area contributed by atoms with Gasteiger partial charge in [-0.15, -0.1) is 0 Å². The smallest absolute Gasteiger partial charge is 0.314 e. The van der Waals surface area contributed by atoms with Gasteiger partial charge >= 0.3 is 5.97 Å². The normalized spacial score (nSPS) is 12.1. The van der Waals surface area contributed by atoms with Gasteiger partial charge in [0.15, 0.2) is 0 Å². The number of hydrogen-bond acceptors (Lipinski definition) is 6. The number of anilines is 1. The molecule has 0 aliphatic carbocycles. The minimum Gasteiger partial charge on any atom is -0.468 e.